The van der Waals surface area contributed by atoms with Crippen LogP contribution in [0, 0.1) is 5.92 Å². The molecule has 2 aliphatic rings. The zero-order valence-corrected chi connectivity index (χ0v) is 14.1. The summed E-state index contributed by atoms with van der Waals surface area (Å²) in [6.45, 7) is 3.90. The molecule has 1 saturated heterocycles. The summed E-state index contributed by atoms with van der Waals surface area (Å²) in [5.74, 6) is 0.588. The summed E-state index contributed by atoms with van der Waals surface area (Å²) >= 11 is 0. The van der Waals surface area contributed by atoms with Gasteiger partial charge in [0.1, 0.15) is 5.56 Å². The van der Waals surface area contributed by atoms with Crippen LogP contribution in [0.3, 0.4) is 0 Å². The topological polar surface area (TPSA) is 81.0 Å². The molecule has 0 aromatic carbocycles. The number of hydrogen-bond donors (Lipinski definition) is 2. The first-order chi connectivity index (χ1) is 12.2. The van der Waals surface area contributed by atoms with Crippen molar-refractivity contribution < 1.29 is 4.79 Å². The van der Waals surface area contributed by atoms with Gasteiger partial charge in [-0.15, -0.1) is 0 Å². The minimum absolute atomic E-state index is 0.152. The molecule has 2 aliphatic heterocycles. The first-order valence-electron chi connectivity index (χ1n) is 8.91. The summed E-state index contributed by atoms with van der Waals surface area (Å²) in [7, 11) is 0. The zero-order valence-electron chi connectivity index (χ0n) is 14.1. The standard InChI is InChI=1S/C18H23N5O2/c24-17(21-4-1-6-22-7-5-19-12-22)15-2-3-16-14-8-13(9-20-10-14)11-23(16)18(15)25/h2-3,5,7,12-14,20H,1,4,6,8-11H2,(H,21,24)/t13-,14+/m0/s1. The molecule has 25 heavy (non-hydrogen) atoms. The molecular formula is C18H23N5O2. The molecule has 0 aliphatic carbocycles. The van der Waals surface area contributed by atoms with Crippen LogP contribution in [0.5, 0.6) is 0 Å². The Labute approximate surface area is 146 Å². The Bertz CT molecular complexity index is 811. The summed E-state index contributed by atoms with van der Waals surface area (Å²) in [6.07, 6.45) is 7.31. The monoisotopic (exact) mass is 341 g/mol. The molecule has 1 fully saturated rings. The SMILES string of the molecule is O=C(NCCCn1ccnc1)c1ccc2n(c1=O)C[C@@H]1CNC[C@H]2C1. The van der Waals surface area contributed by atoms with E-state index in [4.69, 9.17) is 0 Å². The molecule has 0 saturated carbocycles. The Hall–Kier alpha value is -2.41. The summed E-state index contributed by atoms with van der Waals surface area (Å²) in [6, 6.07) is 3.64. The van der Waals surface area contributed by atoms with Crippen molar-refractivity contribution in [3.8, 4) is 0 Å². The van der Waals surface area contributed by atoms with Crippen LogP contribution in [-0.4, -0.2) is 39.7 Å². The molecule has 0 spiro atoms. The highest BCUT2D eigenvalue weighted by molar-refractivity contribution is 5.93. The van der Waals surface area contributed by atoms with Crippen LogP contribution in [-0.2, 0) is 13.1 Å². The van der Waals surface area contributed by atoms with E-state index in [9.17, 15) is 9.59 Å². The number of rotatable bonds is 5. The highest BCUT2D eigenvalue weighted by Crippen LogP contribution is 2.31. The lowest BCUT2D eigenvalue weighted by Gasteiger charge is -2.37. The fourth-order valence-corrected chi connectivity index (χ4v) is 3.94. The maximum atomic E-state index is 12.8. The third kappa shape index (κ3) is 3.24. The summed E-state index contributed by atoms with van der Waals surface area (Å²) in [4.78, 5) is 29.2. The van der Waals surface area contributed by atoms with Gasteiger partial charge in [0.05, 0.1) is 6.33 Å². The third-order valence-electron chi connectivity index (χ3n) is 5.19. The van der Waals surface area contributed by atoms with E-state index in [0.29, 0.717) is 24.9 Å². The van der Waals surface area contributed by atoms with Crippen molar-refractivity contribution in [2.24, 2.45) is 5.92 Å². The normalized spacial score (nSPS) is 21.6. The number of aryl methyl sites for hydroxylation is 1. The number of piperidine rings is 1. The van der Waals surface area contributed by atoms with Crippen LogP contribution in [0.25, 0.3) is 0 Å². The number of fused-ring (bicyclic) bond motifs is 4. The maximum Gasteiger partial charge on any atom is 0.263 e. The highest BCUT2D eigenvalue weighted by Gasteiger charge is 2.31. The predicted octanol–water partition coefficient (Wildman–Crippen LogP) is 0.572. The molecule has 0 unspecified atom stereocenters. The molecule has 7 heteroatoms. The molecular weight excluding hydrogens is 318 g/mol. The Morgan fingerprint density at radius 1 is 1.36 bits per heavy atom. The number of nitrogens with one attached hydrogen (secondary N) is 2. The van der Waals surface area contributed by atoms with Crippen LogP contribution in [0.1, 0.15) is 34.8 Å². The molecule has 2 bridgehead atoms. The van der Waals surface area contributed by atoms with Crippen LogP contribution in [0.4, 0.5) is 0 Å². The van der Waals surface area contributed by atoms with Crippen LogP contribution in [0.2, 0.25) is 0 Å². The molecule has 2 aromatic heterocycles. The number of pyridine rings is 1. The van der Waals surface area contributed by atoms with E-state index < -0.39 is 0 Å². The van der Waals surface area contributed by atoms with Crippen LogP contribution < -0.4 is 16.2 Å². The molecule has 2 aromatic rings. The van der Waals surface area contributed by atoms with Gasteiger partial charge in [-0.2, -0.15) is 0 Å². The van der Waals surface area contributed by atoms with Gasteiger partial charge in [-0.05, 0) is 37.4 Å². The van der Waals surface area contributed by atoms with Gasteiger partial charge >= 0.3 is 0 Å². The van der Waals surface area contributed by atoms with Crippen molar-refractivity contribution in [1.82, 2.24) is 24.8 Å². The van der Waals surface area contributed by atoms with Gasteiger partial charge in [0.25, 0.3) is 11.5 Å². The second kappa shape index (κ2) is 6.84. The Morgan fingerprint density at radius 2 is 2.28 bits per heavy atom. The molecule has 7 nitrogen and oxygen atoms in total. The second-order valence-electron chi connectivity index (χ2n) is 6.95. The summed E-state index contributed by atoms with van der Waals surface area (Å²) in [5.41, 5.74) is 1.16. The van der Waals surface area contributed by atoms with Crippen LogP contribution in [0.15, 0.2) is 35.6 Å². The van der Waals surface area contributed by atoms with Crippen LogP contribution >= 0.6 is 0 Å². The fourth-order valence-electron chi connectivity index (χ4n) is 3.94. The van der Waals surface area contributed by atoms with E-state index in [1.165, 1.54) is 0 Å². The van der Waals surface area contributed by atoms with E-state index in [2.05, 4.69) is 15.6 Å². The average Bonchev–Trinajstić information content (AvgIpc) is 3.13. The lowest BCUT2D eigenvalue weighted by Crippen LogP contribution is -2.46. The zero-order chi connectivity index (χ0) is 17.2. The Balaban J connectivity index is 1.43. The number of hydrogen-bond acceptors (Lipinski definition) is 4. The van der Waals surface area contributed by atoms with Gasteiger partial charge in [0.2, 0.25) is 0 Å². The van der Waals surface area contributed by atoms with E-state index in [-0.39, 0.29) is 17.0 Å². The van der Waals surface area contributed by atoms with Crippen molar-refractivity contribution in [2.75, 3.05) is 19.6 Å². The minimum Gasteiger partial charge on any atom is -0.352 e. The number of imidazole rings is 1. The maximum absolute atomic E-state index is 12.8. The van der Waals surface area contributed by atoms with E-state index >= 15 is 0 Å². The first-order valence-corrected chi connectivity index (χ1v) is 8.91. The van der Waals surface area contributed by atoms with Gasteiger partial charge < -0.3 is 19.8 Å². The number of carbonyl (C=O) groups excluding carboxylic acids is 1. The molecule has 132 valence electrons. The van der Waals surface area contributed by atoms with Crippen molar-refractivity contribution >= 4 is 5.91 Å². The number of carbonyl (C=O) groups is 1. The average molecular weight is 341 g/mol. The quantitative estimate of drug-likeness (QED) is 0.779. The van der Waals surface area contributed by atoms with Gasteiger partial charge in [-0.25, -0.2) is 4.98 Å². The van der Waals surface area contributed by atoms with Gasteiger partial charge in [-0.3, -0.25) is 9.59 Å². The molecule has 0 radical (unpaired) electrons. The number of nitrogens with zero attached hydrogens (tertiary/aromatic N) is 3. The lowest BCUT2D eigenvalue weighted by molar-refractivity contribution is 0.0950. The highest BCUT2D eigenvalue weighted by atomic mass is 16.2. The molecule has 4 heterocycles. The minimum atomic E-state index is -0.278. The number of amides is 1. The largest absolute Gasteiger partial charge is 0.352 e. The molecule has 2 atom stereocenters. The van der Waals surface area contributed by atoms with Gasteiger partial charge in [0.15, 0.2) is 0 Å². The Kier molecular flexibility index (Phi) is 4.40. The summed E-state index contributed by atoms with van der Waals surface area (Å²) < 4.78 is 3.78. The molecule has 1 amide bonds. The lowest BCUT2D eigenvalue weighted by atomic mass is 9.84. The van der Waals surface area contributed by atoms with Crippen molar-refractivity contribution in [3.05, 3.63) is 52.5 Å². The van der Waals surface area contributed by atoms with Crippen molar-refractivity contribution in [3.63, 3.8) is 0 Å². The van der Waals surface area contributed by atoms with E-state index in [1.807, 2.05) is 21.4 Å². The number of aromatic nitrogens is 3. The third-order valence-corrected chi connectivity index (χ3v) is 5.19. The smallest absolute Gasteiger partial charge is 0.263 e. The summed E-state index contributed by atoms with van der Waals surface area (Å²) in [5, 5.41) is 6.29. The first kappa shape index (κ1) is 16.1. The van der Waals surface area contributed by atoms with E-state index in [0.717, 1.165) is 38.2 Å². The molecule has 4 rings (SSSR count). The molecule has 2 N–H and O–H groups in total. The Morgan fingerprint density at radius 3 is 3.12 bits per heavy atom. The predicted molar refractivity (Wildman–Crippen MR) is 93.6 cm³/mol. The van der Waals surface area contributed by atoms with Crippen molar-refractivity contribution in [2.45, 2.75) is 31.8 Å². The van der Waals surface area contributed by atoms with Gasteiger partial charge in [0, 0.05) is 50.2 Å². The second-order valence-corrected chi connectivity index (χ2v) is 6.95. The fraction of sp³-hybridized carbons (Fsp3) is 0.500. The van der Waals surface area contributed by atoms with Gasteiger partial charge in [-0.1, -0.05) is 0 Å². The van der Waals surface area contributed by atoms with Crippen molar-refractivity contribution in [1.29, 1.82) is 0 Å². The van der Waals surface area contributed by atoms with E-state index in [1.54, 1.807) is 18.6 Å².